The average Bonchev–Trinajstić information content (AvgIpc) is 3.62. The van der Waals surface area contributed by atoms with Crippen LogP contribution in [0.2, 0.25) is 0 Å². The van der Waals surface area contributed by atoms with Gasteiger partial charge < -0.3 is 14.4 Å². The number of halogens is 1. The Kier molecular flexibility index (Phi) is 8.95. The number of aryl methyl sites for hydroxylation is 1. The molecule has 2 amide bonds. The minimum atomic E-state index is -3.53. The molecule has 3 rings (SSSR count). The van der Waals surface area contributed by atoms with E-state index in [-0.39, 0.29) is 24.0 Å². The molecule has 1 fully saturated rings. The summed E-state index contributed by atoms with van der Waals surface area (Å²) in [5.41, 5.74) is 2.26. The van der Waals surface area contributed by atoms with Crippen LogP contribution in [0.3, 0.4) is 0 Å². The van der Waals surface area contributed by atoms with Gasteiger partial charge in [0, 0.05) is 23.1 Å². The zero-order valence-corrected chi connectivity index (χ0v) is 24.5. The van der Waals surface area contributed by atoms with E-state index in [4.69, 9.17) is 9.47 Å². The van der Waals surface area contributed by atoms with E-state index in [1.54, 1.807) is 33.9 Å². The Morgan fingerprint density at radius 3 is 2.43 bits per heavy atom. The molecule has 0 heterocycles. The summed E-state index contributed by atoms with van der Waals surface area (Å²) in [4.78, 5) is 26.5. The third kappa shape index (κ3) is 7.95. The number of hydrogen-bond acceptors (Lipinski definition) is 6. The maximum absolute atomic E-state index is 13.0. The van der Waals surface area contributed by atoms with Crippen LogP contribution in [0.5, 0.6) is 0 Å². The fraction of sp³-hybridized carbons (Fsp3) is 0.481. The van der Waals surface area contributed by atoms with Crippen molar-refractivity contribution in [2.24, 2.45) is 0 Å². The number of ether oxygens (including phenoxy) is 2. The van der Waals surface area contributed by atoms with E-state index in [1.807, 2.05) is 32.0 Å². The van der Waals surface area contributed by atoms with E-state index in [2.05, 4.69) is 21.2 Å². The molecule has 37 heavy (non-hydrogen) atoms. The van der Waals surface area contributed by atoms with Crippen LogP contribution in [0, 0.1) is 6.92 Å². The smallest absolute Gasteiger partial charge is 0.411 e. The van der Waals surface area contributed by atoms with Crippen molar-refractivity contribution in [2.45, 2.75) is 75.7 Å². The predicted octanol–water partition coefficient (Wildman–Crippen LogP) is 6.41. The van der Waals surface area contributed by atoms with Crippen LogP contribution in [0.4, 0.5) is 15.3 Å². The first kappa shape index (κ1) is 29.0. The minimum Gasteiger partial charge on any atom is -0.449 e. The Morgan fingerprint density at radius 2 is 1.84 bits per heavy atom. The molecule has 1 saturated carbocycles. The molecule has 0 saturated heterocycles. The van der Waals surface area contributed by atoms with Crippen LogP contribution < -0.4 is 5.32 Å². The van der Waals surface area contributed by atoms with Gasteiger partial charge in [0.2, 0.25) is 0 Å². The number of benzene rings is 2. The Hall–Kier alpha value is -2.59. The monoisotopic (exact) mass is 594 g/mol. The van der Waals surface area contributed by atoms with Gasteiger partial charge in [0.05, 0.1) is 23.3 Å². The van der Waals surface area contributed by atoms with Crippen molar-refractivity contribution in [3.05, 3.63) is 57.6 Å². The fourth-order valence-corrected chi connectivity index (χ4v) is 6.25. The molecule has 2 aromatic rings. The van der Waals surface area contributed by atoms with Gasteiger partial charge in [-0.3, -0.25) is 5.32 Å². The zero-order chi connectivity index (χ0) is 27.5. The number of amides is 2. The third-order valence-electron chi connectivity index (χ3n) is 5.92. The lowest BCUT2D eigenvalue weighted by molar-refractivity contribution is 0.0283. The van der Waals surface area contributed by atoms with Crippen LogP contribution in [-0.2, 0) is 25.9 Å². The van der Waals surface area contributed by atoms with Gasteiger partial charge >= 0.3 is 12.2 Å². The van der Waals surface area contributed by atoms with Gasteiger partial charge in [-0.2, -0.15) is 0 Å². The van der Waals surface area contributed by atoms with Crippen molar-refractivity contribution in [3.63, 3.8) is 0 Å². The van der Waals surface area contributed by atoms with E-state index in [0.717, 1.165) is 15.6 Å². The molecule has 202 valence electrons. The van der Waals surface area contributed by atoms with E-state index >= 15 is 0 Å². The highest BCUT2D eigenvalue weighted by molar-refractivity contribution is 9.10. The summed E-state index contributed by atoms with van der Waals surface area (Å²) in [6.07, 6.45) is 0.0149. The third-order valence-corrected chi connectivity index (χ3v) is 8.77. The number of hydrogen-bond donors (Lipinski definition) is 1. The van der Waals surface area contributed by atoms with Gasteiger partial charge in [0.25, 0.3) is 0 Å². The molecule has 8 nitrogen and oxygen atoms in total. The van der Waals surface area contributed by atoms with E-state index in [0.29, 0.717) is 24.1 Å². The number of nitrogens with zero attached hydrogens (tertiary/aromatic N) is 1. The van der Waals surface area contributed by atoms with Crippen molar-refractivity contribution in [2.75, 3.05) is 19.0 Å². The number of carbonyl (C=O) groups is 2. The first-order valence-corrected chi connectivity index (χ1v) is 14.5. The lowest BCUT2D eigenvalue weighted by Gasteiger charge is -2.25. The van der Waals surface area contributed by atoms with E-state index in [9.17, 15) is 18.0 Å². The highest BCUT2D eigenvalue weighted by Crippen LogP contribution is 2.36. The molecule has 1 aliphatic rings. The molecule has 0 spiro atoms. The fourth-order valence-electron chi connectivity index (χ4n) is 3.91. The molecule has 0 bridgehead atoms. The van der Waals surface area contributed by atoms with Crippen LogP contribution in [0.1, 0.15) is 63.1 Å². The Balaban J connectivity index is 1.74. The molecule has 2 aromatic carbocycles. The van der Waals surface area contributed by atoms with Crippen LogP contribution in [0.25, 0.3) is 0 Å². The first-order valence-electron chi connectivity index (χ1n) is 12.2. The number of anilines is 1. The molecule has 0 unspecified atom stereocenters. The summed E-state index contributed by atoms with van der Waals surface area (Å²) < 4.78 is 37.9. The van der Waals surface area contributed by atoms with Gasteiger partial charge in [-0.1, -0.05) is 28.9 Å². The van der Waals surface area contributed by atoms with Crippen molar-refractivity contribution >= 4 is 43.6 Å². The standard InChI is InChI=1S/C27H35BrN2O6S/c1-17-13-20(28)7-11-23(17)18(2)16-35-25(31)29-21-8-12-24(37(33,34)22-9-10-22)19(14-21)15-30(6)26(32)36-27(3,4)5/h7-8,11-14,18,22H,9-10,15-16H2,1-6H3,(H,29,31)/t18-/m0/s1. The van der Waals surface area contributed by atoms with Crippen molar-refractivity contribution in [1.29, 1.82) is 0 Å². The second-order valence-electron chi connectivity index (χ2n) is 10.5. The van der Waals surface area contributed by atoms with Gasteiger partial charge in [-0.05, 0) is 87.6 Å². The van der Waals surface area contributed by atoms with Gasteiger partial charge in [-0.15, -0.1) is 0 Å². The van der Waals surface area contributed by atoms with E-state index in [1.165, 1.54) is 17.0 Å². The van der Waals surface area contributed by atoms with Crippen molar-refractivity contribution in [3.8, 4) is 0 Å². The first-order chi connectivity index (χ1) is 17.2. The second kappa shape index (κ2) is 11.4. The topological polar surface area (TPSA) is 102 Å². The lowest BCUT2D eigenvalue weighted by atomic mass is 9.97. The number of carbonyl (C=O) groups excluding carboxylic acids is 2. The summed E-state index contributed by atoms with van der Waals surface area (Å²) in [5, 5.41) is 2.27. The molecular weight excluding hydrogens is 560 g/mol. The Bertz CT molecular complexity index is 1270. The maximum atomic E-state index is 13.0. The summed E-state index contributed by atoms with van der Waals surface area (Å²) in [5.74, 6) is -0.0112. The highest BCUT2D eigenvalue weighted by Gasteiger charge is 2.38. The number of rotatable bonds is 8. The second-order valence-corrected chi connectivity index (χ2v) is 13.6. The quantitative estimate of drug-likeness (QED) is 0.378. The summed E-state index contributed by atoms with van der Waals surface area (Å²) in [6, 6.07) is 10.5. The zero-order valence-electron chi connectivity index (χ0n) is 22.1. The molecule has 1 atom stereocenters. The molecule has 1 aliphatic carbocycles. The molecular formula is C27H35BrN2O6S. The van der Waals surface area contributed by atoms with Crippen LogP contribution >= 0.6 is 15.9 Å². The lowest BCUT2D eigenvalue weighted by Crippen LogP contribution is -2.34. The Morgan fingerprint density at radius 1 is 1.16 bits per heavy atom. The molecule has 0 aliphatic heterocycles. The molecule has 0 radical (unpaired) electrons. The van der Waals surface area contributed by atoms with Crippen LogP contribution in [0.15, 0.2) is 45.8 Å². The summed E-state index contributed by atoms with van der Waals surface area (Å²) in [7, 11) is -1.99. The number of nitrogens with one attached hydrogen (secondary N) is 1. The minimum absolute atomic E-state index is 0.000637. The predicted molar refractivity (Wildman–Crippen MR) is 147 cm³/mol. The SMILES string of the molecule is Cc1cc(Br)ccc1[C@@H](C)COC(=O)Nc1ccc(S(=O)(=O)C2CC2)c(CN(C)C(=O)OC(C)(C)C)c1. The van der Waals surface area contributed by atoms with Gasteiger partial charge in [0.15, 0.2) is 9.84 Å². The van der Waals surface area contributed by atoms with Crippen molar-refractivity contribution in [1.82, 2.24) is 4.90 Å². The summed E-state index contributed by atoms with van der Waals surface area (Å²) in [6.45, 7) is 9.44. The molecule has 10 heteroatoms. The highest BCUT2D eigenvalue weighted by atomic mass is 79.9. The largest absolute Gasteiger partial charge is 0.449 e. The van der Waals surface area contributed by atoms with Crippen molar-refractivity contribution < 1.29 is 27.5 Å². The van der Waals surface area contributed by atoms with E-state index < -0.39 is 32.9 Å². The maximum Gasteiger partial charge on any atom is 0.411 e. The number of sulfone groups is 1. The average molecular weight is 596 g/mol. The van der Waals surface area contributed by atoms with Gasteiger partial charge in [0.1, 0.15) is 5.60 Å². The summed E-state index contributed by atoms with van der Waals surface area (Å²) >= 11 is 3.45. The molecule has 1 N–H and O–H groups in total. The molecule has 0 aromatic heterocycles. The normalized spacial score (nSPS) is 14.6. The van der Waals surface area contributed by atoms with Crippen LogP contribution in [-0.4, -0.2) is 50.0 Å². The van der Waals surface area contributed by atoms with Gasteiger partial charge in [-0.25, -0.2) is 18.0 Å². The Labute approximate surface area is 227 Å².